The topological polar surface area (TPSA) is 81.8 Å². The summed E-state index contributed by atoms with van der Waals surface area (Å²) in [6.07, 6.45) is 0. The predicted molar refractivity (Wildman–Crippen MR) is 124 cm³/mol. The van der Waals surface area contributed by atoms with E-state index >= 15 is 0 Å². The van der Waals surface area contributed by atoms with Gasteiger partial charge in [0.15, 0.2) is 0 Å². The number of nitrogens with zero attached hydrogens (tertiary/aromatic N) is 2. The third-order valence-electron chi connectivity index (χ3n) is 5.27. The zero-order chi connectivity index (χ0) is 22.4. The molecule has 0 unspecified atom stereocenters. The maximum atomic E-state index is 12.4. The van der Waals surface area contributed by atoms with E-state index in [4.69, 9.17) is 0 Å². The van der Waals surface area contributed by atoms with Gasteiger partial charge in [-0.15, -0.1) is 0 Å². The van der Waals surface area contributed by atoms with Gasteiger partial charge in [0.25, 0.3) is 5.91 Å². The van der Waals surface area contributed by atoms with Crippen LogP contribution in [0.1, 0.15) is 29.8 Å². The first-order valence-electron chi connectivity index (χ1n) is 10.7. The molecular formula is C23H32N4O3S. The van der Waals surface area contributed by atoms with Crippen molar-refractivity contribution in [1.82, 2.24) is 14.9 Å². The van der Waals surface area contributed by atoms with E-state index in [1.54, 1.807) is 26.0 Å². The van der Waals surface area contributed by atoms with Crippen molar-refractivity contribution in [3.05, 3.63) is 59.7 Å². The molecular weight excluding hydrogens is 412 g/mol. The molecule has 0 bridgehead atoms. The van der Waals surface area contributed by atoms with Gasteiger partial charge in [0.05, 0.1) is 4.90 Å². The van der Waals surface area contributed by atoms with Crippen LogP contribution < -0.4 is 14.9 Å². The molecule has 2 N–H and O–H groups in total. The number of hydrogen-bond donors (Lipinski definition) is 2. The molecule has 31 heavy (non-hydrogen) atoms. The second kappa shape index (κ2) is 10.3. The molecule has 2 aromatic rings. The lowest BCUT2D eigenvalue weighted by molar-refractivity contribution is 0.0947. The third-order valence-corrected chi connectivity index (χ3v) is 6.94. The number of anilines is 1. The van der Waals surface area contributed by atoms with Gasteiger partial charge in [-0.05, 0) is 62.7 Å². The molecule has 1 fully saturated rings. The minimum atomic E-state index is -3.55. The minimum Gasteiger partial charge on any atom is -0.369 e. The number of aryl methyl sites for hydroxylation is 1. The van der Waals surface area contributed by atoms with E-state index in [0.717, 1.165) is 32.7 Å². The van der Waals surface area contributed by atoms with Gasteiger partial charge in [0.1, 0.15) is 0 Å². The molecule has 8 heteroatoms. The molecule has 1 saturated heterocycles. The number of carbonyl (C=O) groups is 1. The lowest BCUT2D eigenvalue weighted by Gasteiger charge is -2.36. The summed E-state index contributed by atoms with van der Waals surface area (Å²) < 4.78 is 26.9. The van der Waals surface area contributed by atoms with Crippen molar-refractivity contribution in [2.24, 2.45) is 0 Å². The Morgan fingerprint density at radius 2 is 1.71 bits per heavy atom. The molecule has 0 aliphatic carbocycles. The highest BCUT2D eigenvalue weighted by atomic mass is 32.2. The molecule has 0 saturated carbocycles. The van der Waals surface area contributed by atoms with Crippen molar-refractivity contribution in [2.75, 3.05) is 44.2 Å². The van der Waals surface area contributed by atoms with Crippen LogP contribution in [-0.2, 0) is 10.0 Å². The lowest BCUT2D eigenvalue weighted by atomic mass is 10.2. The molecule has 2 aromatic carbocycles. The minimum absolute atomic E-state index is 0.157. The van der Waals surface area contributed by atoms with Crippen LogP contribution in [0.3, 0.4) is 0 Å². The van der Waals surface area contributed by atoms with E-state index in [1.165, 1.54) is 23.4 Å². The van der Waals surface area contributed by atoms with E-state index in [2.05, 4.69) is 51.0 Å². The van der Waals surface area contributed by atoms with Crippen LogP contribution in [0.25, 0.3) is 0 Å². The first kappa shape index (κ1) is 23.2. The maximum Gasteiger partial charge on any atom is 0.251 e. The highest BCUT2D eigenvalue weighted by molar-refractivity contribution is 7.89. The average molecular weight is 445 g/mol. The molecule has 1 aliphatic rings. The second-order valence-corrected chi connectivity index (χ2v) is 9.94. The van der Waals surface area contributed by atoms with Crippen LogP contribution in [0.5, 0.6) is 0 Å². The Balaban J connectivity index is 1.43. The second-order valence-electron chi connectivity index (χ2n) is 8.22. The van der Waals surface area contributed by atoms with Crippen LogP contribution >= 0.6 is 0 Å². The van der Waals surface area contributed by atoms with Crippen molar-refractivity contribution < 1.29 is 13.2 Å². The first-order valence-corrected chi connectivity index (χ1v) is 12.2. The molecule has 0 radical (unpaired) electrons. The third kappa shape index (κ3) is 6.53. The Hall–Kier alpha value is -2.42. The van der Waals surface area contributed by atoms with Crippen LogP contribution in [-0.4, -0.2) is 64.5 Å². The van der Waals surface area contributed by atoms with Gasteiger partial charge in [-0.2, -0.15) is 0 Å². The fraction of sp³-hybridized carbons (Fsp3) is 0.435. The van der Waals surface area contributed by atoms with Gasteiger partial charge in [-0.25, -0.2) is 13.1 Å². The zero-order valence-electron chi connectivity index (χ0n) is 18.5. The van der Waals surface area contributed by atoms with E-state index in [1.807, 2.05) is 0 Å². The SMILES string of the molecule is Cc1cccc(N2CCN(CCNC(=O)c3ccc(S(=O)(=O)NC(C)C)cc3)CC2)c1. The monoisotopic (exact) mass is 444 g/mol. The van der Waals surface area contributed by atoms with Crippen LogP contribution in [0, 0.1) is 6.92 Å². The van der Waals surface area contributed by atoms with E-state index in [9.17, 15) is 13.2 Å². The molecule has 0 spiro atoms. The summed E-state index contributed by atoms with van der Waals surface area (Å²) >= 11 is 0. The number of amides is 1. The summed E-state index contributed by atoms with van der Waals surface area (Å²) in [7, 11) is -3.55. The van der Waals surface area contributed by atoms with Gasteiger partial charge >= 0.3 is 0 Å². The number of carbonyl (C=O) groups excluding carboxylic acids is 1. The Morgan fingerprint density at radius 3 is 2.32 bits per heavy atom. The smallest absolute Gasteiger partial charge is 0.251 e. The number of hydrogen-bond acceptors (Lipinski definition) is 5. The summed E-state index contributed by atoms with van der Waals surface area (Å²) in [6.45, 7) is 10.8. The fourth-order valence-corrected chi connectivity index (χ4v) is 4.90. The highest BCUT2D eigenvalue weighted by Gasteiger charge is 2.18. The van der Waals surface area contributed by atoms with Crippen molar-refractivity contribution in [3.63, 3.8) is 0 Å². The summed E-state index contributed by atoms with van der Waals surface area (Å²) in [5.41, 5.74) is 2.99. The Morgan fingerprint density at radius 1 is 1.03 bits per heavy atom. The normalized spacial score (nSPS) is 15.3. The largest absolute Gasteiger partial charge is 0.369 e. The molecule has 168 valence electrons. The molecule has 3 rings (SSSR count). The van der Waals surface area contributed by atoms with Gasteiger partial charge in [0, 0.05) is 56.6 Å². The standard InChI is InChI=1S/C23H32N4O3S/c1-18(2)25-31(29,30)22-9-7-20(8-10-22)23(28)24-11-12-26-13-15-27(16-14-26)21-6-4-5-19(3)17-21/h4-10,17-18,25H,11-16H2,1-3H3,(H,24,28). The number of benzene rings is 2. The molecule has 7 nitrogen and oxygen atoms in total. The molecule has 1 aliphatic heterocycles. The highest BCUT2D eigenvalue weighted by Crippen LogP contribution is 2.17. The van der Waals surface area contributed by atoms with Crippen LogP contribution in [0.4, 0.5) is 5.69 Å². The number of rotatable bonds is 8. The lowest BCUT2D eigenvalue weighted by Crippen LogP contribution is -2.48. The van der Waals surface area contributed by atoms with Crippen molar-refractivity contribution in [1.29, 1.82) is 0 Å². The summed E-state index contributed by atoms with van der Waals surface area (Å²) in [4.78, 5) is 17.3. The summed E-state index contributed by atoms with van der Waals surface area (Å²) in [5, 5.41) is 2.93. The molecule has 1 amide bonds. The summed E-state index contributed by atoms with van der Waals surface area (Å²) in [6, 6.07) is 14.4. The van der Waals surface area contributed by atoms with Crippen molar-refractivity contribution in [3.8, 4) is 0 Å². The molecule has 0 aromatic heterocycles. The van der Waals surface area contributed by atoms with E-state index < -0.39 is 10.0 Å². The van der Waals surface area contributed by atoms with Crippen LogP contribution in [0.2, 0.25) is 0 Å². The summed E-state index contributed by atoms with van der Waals surface area (Å²) in [5.74, 6) is -0.195. The molecule has 1 heterocycles. The van der Waals surface area contributed by atoms with Gasteiger partial charge in [-0.1, -0.05) is 12.1 Å². The number of nitrogens with one attached hydrogen (secondary N) is 2. The van der Waals surface area contributed by atoms with Crippen LogP contribution in [0.15, 0.2) is 53.4 Å². The predicted octanol–water partition coefficient (Wildman–Crippen LogP) is 2.23. The molecule has 0 atom stereocenters. The quantitative estimate of drug-likeness (QED) is 0.653. The van der Waals surface area contributed by atoms with Gasteiger partial charge in [-0.3, -0.25) is 9.69 Å². The maximum absolute atomic E-state index is 12.4. The van der Waals surface area contributed by atoms with Crippen molar-refractivity contribution >= 4 is 21.6 Å². The Kier molecular flexibility index (Phi) is 7.69. The fourth-order valence-electron chi connectivity index (χ4n) is 3.65. The van der Waals surface area contributed by atoms with Crippen molar-refractivity contribution in [2.45, 2.75) is 31.7 Å². The number of piperazine rings is 1. The van der Waals surface area contributed by atoms with Gasteiger partial charge in [0.2, 0.25) is 10.0 Å². The van der Waals surface area contributed by atoms with Gasteiger partial charge < -0.3 is 10.2 Å². The average Bonchev–Trinajstić information content (AvgIpc) is 2.73. The number of sulfonamides is 1. The first-order chi connectivity index (χ1) is 14.7. The zero-order valence-corrected chi connectivity index (χ0v) is 19.3. The van der Waals surface area contributed by atoms with E-state index in [-0.39, 0.29) is 16.8 Å². The Labute approximate surface area is 185 Å². The van der Waals surface area contributed by atoms with E-state index in [0.29, 0.717) is 12.1 Å². The Bertz CT molecular complexity index is 982.